The topological polar surface area (TPSA) is 50.8 Å². The number of ether oxygens (including phenoxy) is 2. The Kier molecular flexibility index (Phi) is 4.97. The molecule has 0 saturated carbocycles. The van der Waals surface area contributed by atoms with Crippen molar-refractivity contribution < 1.29 is 14.3 Å². The van der Waals surface area contributed by atoms with Crippen molar-refractivity contribution in [1.29, 1.82) is 0 Å². The number of amides is 1. The van der Waals surface area contributed by atoms with Crippen molar-refractivity contribution in [2.24, 2.45) is 0 Å². The highest BCUT2D eigenvalue weighted by Gasteiger charge is 2.23. The Labute approximate surface area is 135 Å². The fourth-order valence-corrected chi connectivity index (χ4v) is 3.33. The highest BCUT2D eigenvalue weighted by atomic mass is 32.2. The highest BCUT2D eigenvalue weighted by Crippen LogP contribution is 2.33. The number of fused-ring (bicyclic) bond motifs is 1. The van der Waals surface area contributed by atoms with Gasteiger partial charge in [0.15, 0.2) is 11.5 Å². The summed E-state index contributed by atoms with van der Waals surface area (Å²) < 4.78 is 11.1. The lowest BCUT2D eigenvalue weighted by molar-refractivity contribution is -0.129. The van der Waals surface area contributed by atoms with Crippen LogP contribution in [0.5, 0.6) is 11.5 Å². The second-order valence-electron chi connectivity index (χ2n) is 5.61. The molecular formula is C16H22N2O3S. The van der Waals surface area contributed by atoms with Crippen LogP contribution in [0.3, 0.4) is 0 Å². The quantitative estimate of drug-likeness (QED) is 0.921. The van der Waals surface area contributed by atoms with Crippen molar-refractivity contribution in [2.75, 3.05) is 43.6 Å². The third kappa shape index (κ3) is 3.61. The van der Waals surface area contributed by atoms with Crippen molar-refractivity contribution in [3.05, 3.63) is 18.2 Å². The summed E-state index contributed by atoms with van der Waals surface area (Å²) in [5.41, 5.74) is 1.02. The van der Waals surface area contributed by atoms with Crippen LogP contribution >= 0.6 is 11.8 Å². The predicted molar refractivity (Wildman–Crippen MR) is 89.0 cm³/mol. The van der Waals surface area contributed by atoms with E-state index in [4.69, 9.17) is 9.47 Å². The fraction of sp³-hybridized carbons (Fsp3) is 0.562. The Morgan fingerprint density at radius 2 is 2.18 bits per heavy atom. The minimum atomic E-state index is 0.237. The Hall–Kier alpha value is -1.56. The molecule has 2 aliphatic rings. The van der Waals surface area contributed by atoms with Gasteiger partial charge in [-0.15, -0.1) is 0 Å². The van der Waals surface area contributed by atoms with Crippen LogP contribution in [0.15, 0.2) is 18.2 Å². The molecule has 0 radical (unpaired) electrons. The molecule has 120 valence electrons. The number of hydrogen-bond acceptors (Lipinski definition) is 5. The number of benzene rings is 1. The van der Waals surface area contributed by atoms with E-state index >= 15 is 0 Å². The normalized spacial score (nSPS) is 20.6. The number of piperidine rings is 1. The average Bonchev–Trinajstić information content (AvgIpc) is 2.55. The molecule has 3 rings (SSSR count). The summed E-state index contributed by atoms with van der Waals surface area (Å²) in [5.74, 6) is 2.40. The zero-order valence-corrected chi connectivity index (χ0v) is 13.7. The van der Waals surface area contributed by atoms with E-state index in [-0.39, 0.29) is 5.91 Å². The Bertz CT molecular complexity index is 538. The maximum absolute atomic E-state index is 12.0. The van der Waals surface area contributed by atoms with Crippen LogP contribution in [0.25, 0.3) is 0 Å². The van der Waals surface area contributed by atoms with Crippen molar-refractivity contribution in [3.8, 4) is 11.5 Å². The van der Waals surface area contributed by atoms with Crippen LogP contribution in [0.1, 0.15) is 12.8 Å². The minimum Gasteiger partial charge on any atom is -0.486 e. The molecule has 1 atom stereocenters. The summed E-state index contributed by atoms with van der Waals surface area (Å²) in [6.45, 7) is 2.85. The number of rotatable bonds is 4. The van der Waals surface area contributed by atoms with Crippen LogP contribution < -0.4 is 14.8 Å². The summed E-state index contributed by atoms with van der Waals surface area (Å²) in [7, 11) is 0. The predicted octanol–water partition coefficient (Wildman–Crippen LogP) is 2.22. The van der Waals surface area contributed by atoms with Crippen molar-refractivity contribution in [2.45, 2.75) is 18.9 Å². The van der Waals surface area contributed by atoms with Gasteiger partial charge < -0.3 is 19.7 Å². The van der Waals surface area contributed by atoms with Crippen LogP contribution in [0, 0.1) is 0 Å². The molecule has 1 saturated heterocycles. The van der Waals surface area contributed by atoms with Gasteiger partial charge in [0.2, 0.25) is 5.91 Å². The van der Waals surface area contributed by atoms with Gasteiger partial charge in [-0.25, -0.2) is 0 Å². The SMILES string of the molecule is CSCC(=O)N1CCC[C@H](Nc2ccc3c(c2)OCCO3)C1. The first-order valence-corrected chi connectivity index (χ1v) is 9.08. The number of carbonyl (C=O) groups excluding carboxylic acids is 1. The maximum atomic E-state index is 12.0. The molecule has 1 fully saturated rings. The number of hydrogen-bond donors (Lipinski definition) is 1. The molecule has 0 aromatic heterocycles. The highest BCUT2D eigenvalue weighted by molar-refractivity contribution is 7.99. The molecule has 0 unspecified atom stereocenters. The first kappa shape index (κ1) is 15.3. The van der Waals surface area contributed by atoms with E-state index in [2.05, 4.69) is 5.32 Å². The van der Waals surface area contributed by atoms with E-state index in [1.165, 1.54) is 0 Å². The van der Waals surface area contributed by atoms with Gasteiger partial charge in [0.25, 0.3) is 0 Å². The third-order valence-electron chi connectivity index (χ3n) is 3.95. The van der Waals surface area contributed by atoms with Gasteiger partial charge in [-0.05, 0) is 31.2 Å². The number of likely N-dealkylation sites (tertiary alicyclic amines) is 1. The van der Waals surface area contributed by atoms with Crippen LogP contribution in [-0.2, 0) is 4.79 Å². The zero-order chi connectivity index (χ0) is 15.4. The molecule has 0 spiro atoms. The molecule has 0 aliphatic carbocycles. The molecule has 6 heteroatoms. The fourth-order valence-electron chi connectivity index (χ4n) is 2.91. The second kappa shape index (κ2) is 7.13. The molecule has 1 aromatic rings. The third-order valence-corrected chi connectivity index (χ3v) is 4.49. The summed E-state index contributed by atoms with van der Waals surface area (Å²) in [6, 6.07) is 6.23. The molecular weight excluding hydrogens is 300 g/mol. The molecule has 2 heterocycles. The van der Waals surface area contributed by atoms with Gasteiger partial charge in [0.1, 0.15) is 13.2 Å². The average molecular weight is 322 g/mol. The lowest BCUT2D eigenvalue weighted by Gasteiger charge is -2.34. The van der Waals surface area contributed by atoms with E-state index in [1.54, 1.807) is 11.8 Å². The molecule has 5 nitrogen and oxygen atoms in total. The van der Waals surface area contributed by atoms with E-state index in [1.807, 2.05) is 29.4 Å². The van der Waals surface area contributed by atoms with Crippen molar-refractivity contribution >= 4 is 23.4 Å². The second-order valence-corrected chi connectivity index (χ2v) is 6.48. The van der Waals surface area contributed by atoms with Crippen molar-refractivity contribution in [3.63, 3.8) is 0 Å². The summed E-state index contributed by atoms with van der Waals surface area (Å²) in [5, 5.41) is 3.52. The van der Waals surface area contributed by atoms with Gasteiger partial charge in [-0.1, -0.05) is 0 Å². The first-order chi connectivity index (χ1) is 10.8. The zero-order valence-electron chi connectivity index (χ0n) is 12.8. The number of nitrogens with one attached hydrogen (secondary N) is 1. The van der Waals surface area contributed by atoms with Gasteiger partial charge in [0, 0.05) is 30.9 Å². The van der Waals surface area contributed by atoms with Crippen LogP contribution in [0.2, 0.25) is 0 Å². The van der Waals surface area contributed by atoms with E-state index in [0.29, 0.717) is 25.0 Å². The van der Waals surface area contributed by atoms with Gasteiger partial charge in [-0.2, -0.15) is 11.8 Å². The molecule has 1 aromatic carbocycles. The van der Waals surface area contributed by atoms with Crippen molar-refractivity contribution in [1.82, 2.24) is 4.90 Å². The standard InChI is InChI=1S/C16H22N2O3S/c1-22-11-16(19)18-6-2-3-13(10-18)17-12-4-5-14-15(9-12)21-8-7-20-14/h4-5,9,13,17H,2-3,6-8,10-11H2,1H3/t13-/m0/s1. The molecule has 22 heavy (non-hydrogen) atoms. The Morgan fingerprint density at radius 1 is 1.36 bits per heavy atom. The number of anilines is 1. The molecule has 2 aliphatic heterocycles. The molecule has 1 N–H and O–H groups in total. The van der Waals surface area contributed by atoms with Gasteiger partial charge >= 0.3 is 0 Å². The summed E-state index contributed by atoms with van der Waals surface area (Å²) in [4.78, 5) is 14.0. The van der Waals surface area contributed by atoms with E-state index in [9.17, 15) is 4.79 Å². The van der Waals surface area contributed by atoms with Crippen LogP contribution in [-0.4, -0.2) is 55.2 Å². The maximum Gasteiger partial charge on any atom is 0.232 e. The van der Waals surface area contributed by atoms with E-state index < -0.39 is 0 Å². The number of thioether (sulfide) groups is 1. The Balaban J connectivity index is 1.61. The smallest absolute Gasteiger partial charge is 0.232 e. The lowest BCUT2D eigenvalue weighted by Crippen LogP contribution is -2.45. The van der Waals surface area contributed by atoms with Gasteiger partial charge in [0.05, 0.1) is 5.75 Å². The van der Waals surface area contributed by atoms with E-state index in [0.717, 1.165) is 43.1 Å². The number of carbonyl (C=O) groups is 1. The Morgan fingerprint density at radius 3 is 3.00 bits per heavy atom. The largest absolute Gasteiger partial charge is 0.486 e. The van der Waals surface area contributed by atoms with Crippen LogP contribution in [0.4, 0.5) is 5.69 Å². The first-order valence-electron chi connectivity index (χ1n) is 7.69. The summed E-state index contributed by atoms with van der Waals surface area (Å²) in [6.07, 6.45) is 4.09. The molecule has 1 amide bonds. The molecule has 0 bridgehead atoms. The number of nitrogens with zero attached hydrogens (tertiary/aromatic N) is 1. The lowest BCUT2D eigenvalue weighted by atomic mass is 10.1. The summed E-state index contributed by atoms with van der Waals surface area (Å²) >= 11 is 1.58. The van der Waals surface area contributed by atoms with Gasteiger partial charge in [-0.3, -0.25) is 4.79 Å². The minimum absolute atomic E-state index is 0.237. The monoisotopic (exact) mass is 322 g/mol.